The zero-order valence-corrected chi connectivity index (χ0v) is 21.6. The maximum atomic E-state index is 13.9. The van der Waals surface area contributed by atoms with E-state index in [-0.39, 0.29) is 11.6 Å². The summed E-state index contributed by atoms with van der Waals surface area (Å²) in [6, 6.07) is 21.1. The zero-order valence-electron chi connectivity index (χ0n) is 19.5. The molecule has 0 saturated heterocycles. The largest absolute Gasteiger partial charge is 0.497 e. The van der Waals surface area contributed by atoms with E-state index < -0.39 is 0 Å². The van der Waals surface area contributed by atoms with Crippen LogP contribution in [-0.2, 0) is 0 Å². The van der Waals surface area contributed by atoms with Crippen LogP contribution in [0.2, 0.25) is 0 Å². The van der Waals surface area contributed by atoms with Gasteiger partial charge in [0, 0.05) is 32.5 Å². The topological polar surface area (TPSA) is 44.5 Å². The number of nitrogen functional groups attached to an aromatic ring is 1. The molecule has 0 fully saturated rings. The summed E-state index contributed by atoms with van der Waals surface area (Å²) in [6.07, 6.45) is 0. The molecular formula is C28H26F2INO2. The molecule has 0 atom stereocenters. The standard InChI is InChI=1S/C14H12FIO.C14H14FNO/c2*1-9-7-10(3-6-14(9)16)12-5-4-11(17-2)8-13(12)15/h3-8H,1-2H3;3-8H,16H2,1-2H3. The Bertz CT molecular complexity index is 1210. The van der Waals surface area contributed by atoms with Crippen LogP contribution in [0.15, 0.2) is 72.8 Å². The SMILES string of the molecule is COc1ccc(-c2ccc(I)c(C)c2)c(F)c1.COc1ccc(-c2ccc(N)c(C)c2)c(F)c1. The quantitative estimate of drug-likeness (QED) is 0.200. The van der Waals surface area contributed by atoms with Crippen LogP contribution in [0.3, 0.4) is 0 Å². The summed E-state index contributed by atoms with van der Waals surface area (Å²) in [4.78, 5) is 0. The lowest BCUT2D eigenvalue weighted by Crippen LogP contribution is -1.92. The summed E-state index contributed by atoms with van der Waals surface area (Å²) < 4.78 is 38.9. The fourth-order valence-corrected chi connectivity index (χ4v) is 3.70. The molecule has 0 radical (unpaired) electrons. The van der Waals surface area contributed by atoms with Crippen LogP contribution in [-0.4, -0.2) is 14.2 Å². The van der Waals surface area contributed by atoms with Crippen molar-refractivity contribution in [2.45, 2.75) is 13.8 Å². The van der Waals surface area contributed by atoms with E-state index in [0.717, 1.165) is 22.3 Å². The summed E-state index contributed by atoms with van der Waals surface area (Å²) in [6.45, 7) is 3.92. The van der Waals surface area contributed by atoms with Gasteiger partial charge in [-0.2, -0.15) is 0 Å². The van der Waals surface area contributed by atoms with Gasteiger partial charge in [0.1, 0.15) is 23.1 Å². The third-order valence-corrected chi connectivity index (χ3v) is 6.61. The number of rotatable bonds is 4. The molecule has 34 heavy (non-hydrogen) atoms. The Morgan fingerprint density at radius 3 is 1.53 bits per heavy atom. The fraction of sp³-hybridized carbons (Fsp3) is 0.143. The molecule has 0 aliphatic rings. The van der Waals surface area contributed by atoms with Crippen molar-refractivity contribution >= 4 is 28.3 Å². The summed E-state index contributed by atoms with van der Waals surface area (Å²) in [5.41, 5.74) is 11.4. The first-order valence-corrected chi connectivity index (χ1v) is 11.6. The third kappa shape index (κ3) is 6.05. The van der Waals surface area contributed by atoms with Crippen molar-refractivity contribution in [3.63, 3.8) is 0 Å². The molecule has 0 saturated carbocycles. The van der Waals surface area contributed by atoms with Gasteiger partial charge in [0.15, 0.2) is 0 Å². The summed E-state index contributed by atoms with van der Waals surface area (Å²) in [5.74, 6) is 0.491. The molecule has 0 heterocycles. The van der Waals surface area contributed by atoms with Gasteiger partial charge in [0.05, 0.1) is 14.2 Å². The highest BCUT2D eigenvalue weighted by Gasteiger charge is 2.08. The van der Waals surface area contributed by atoms with Crippen LogP contribution in [0.4, 0.5) is 14.5 Å². The Kier molecular flexibility index (Phi) is 8.50. The van der Waals surface area contributed by atoms with Gasteiger partial charge >= 0.3 is 0 Å². The van der Waals surface area contributed by atoms with Gasteiger partial charge in [-0.15, -0.1) is 0 Å². The van der Waals surface area contributed by atoms with E-state index in [2.05, 4.69) is 22.6 Å². The number of halogens is 3. The van der Waals surface area contributed by atoms with E-state index in [0.29, 0.717) is 28.3 Å². The molecule has 3 nitrogen and oxygen atoms in total. The number of ether oxygens (including phenoxy) is 2. The minimum absolute atomic E-state index is 0.259. The number of methoxy groups -OCH3 is 2. The van der Waals surface area contributed by atoms with Crippen molar-refractivity contribution in [1.82, 2.24) is 0 Å². The minimum Gasteiger partial charge on any atom is -0.497 e. The Hall–Kier alpha value is -3.13. The smallest absolute Gasteiger partial charge is 0.134 e. The minimum atomic E-state index is -0.298. The van der Waals surface area contributed by atoms with Gasteiger partial charge in [0.25, 0.3) is 0 Å². The predicted molar refractivity (Wildman–Crippen MR) is 143 cm³/mol. The van der Waals surface area contributed by atoms with E-state index in [4.69, 9.17) is 15.2 Å². The highest BCUT2D eigenvalue weighted by molar-refractivity contribution is 14.1. The number of hydrogen-bond acceptors (Lipinski definition) is 3. The van der Waals surface area contributed by atoms with Crippen molar-refractivity contribution in [2.75, 3.05) is 20.0 Å². The lowest BCUT2D eigenvalue weighted by molar-refractivity contribution is 0.411. The van der Waals surface area contributed by atoms with E-state index >= 15 is 0 Å². The molecule has 0 aromatic heterocycles. The second-order valence-electron chi connectivity index (χ2n) is 7.73. The summed E-state index contributed by atoms with van der Waals surface area (Å²) in [5, 5.41) is 0. The molecule has 4 rings (SSSR count). The molecule has 4 aromatic carbocycles. The zero-order chi connectivity index (χ0) is 24.8. The molecule has 2 N–H and O–H groups in total. The Morgan fingerprint density at radius 2 is 1.12 bits per heavy atom. The molecule has 0 spiro atoms. The van der Waals surface area contributed by atoms with Gasteiger partial charge in [-0.05, 0) is 101 Å². The van der Waals surface area contributed by atoms with Crippen LogP contribution in [0, 0.1) is 29.1 Å². The molecule has 0 aliphatic carbocycles. The Balaban J connectivity index is 0.000000191. The number of anilines is 1. The second-order valence-corrected chi connectivity index (χ2v) is 8.89. The van der Waals surface area contributed by atoms with Gasteiger partial charge in [-0.3, -0.25) is 0 Å². The number of hydrogen-bond donors (Lipinski definition) is 1. The van der Waals surface area contributed by atoms with Crippen molar-refractivity contribution < 1.29 is 18.3 Å². The first-order valence-electron chi connectivity index (χ1n) is 10.5. The lowest BCUT2D eigenvalue weighted by Gasteiger charge is -2.08. The van der Waals surface area contributed by atoms with E-state index in [1.165, 1.54) is 29.9 Å². The predicted octanol–water partition coefficient (Wildman–Crippen LogP) is 7.81. The molecule has 6 heteroatoms. The molecule has 0 aliphatic heterocycles. The number of nitrogens with two attached hydrogens (primary N) is 1. The number of aryl methyl sites for hydroxylation is 2. The maximum absolute atomic E-state index is 13.9. The van der Waals surface area contributed by atoms with Crippen LogP contribution < -0.4 is 15.2 Å². The Morgan fingerprint density at radius 1 is 0.647 bits per heavy atom. The molecular weight excluding hydrogens is 547 g/mol. The first-order chi connectivity index (χ1) is 16.2. The number of benzene rings is 4. The van der Waals surface area contributed by atoms with Crippen LogP contribution >= 0.6 is 22.6 Å². The average Bonchev–Trinajstić information content (AvgIpc) is 2.83. The van der Waals surface area contributed by atoms with Crippen LogP contribution in [0.5, 0.6) is 11.5 Å². The van der Waals surface area contributed by atoms with Gasteiger partial charge in [-0.25, -0.2) is 8.78 Å². The van der Waals surface area contributed by atoms with Crippen molar-refractivity contribution in [2.24, 2.45) is 0 Å². The molecule has 176 valence electrons. The monoisotopic (exact) mass is 573 g/mol. The Labute approximate surface area is 212 Å². The van der Waals surface area contributed by atoms with E-state index in [1.54, 1.807) is 30.3 Å². The van der Waals surface area contributed by atoms with Crippen molar-refractivity contribution in [3.8, 4) is 33.8 Å². The van der Waals surface area contributed by atoms with Gasteiger partial charge < -0.3 is 15.2 Å². The third-order valence-electron chi connectivity index (χ3n) is 5.40. The van der Waals surface area contributed by atoms with E-state index in [9.17, 15) is 8.78 Å². The van der Waals surface area contributed by atoms with Crippen molar-refractivity contribution in [3.05, 3.63) is 99.1 Å². The van der Waals surface area contributed by atoms with Crippen molar-refractivity contribution in [1.29, 1.82) is 0 Å². The maximum Gasteiger partial charge on any atom is 0.134 e. The fourth-order valence-electron chi connectivity index (χ4n) is 3.37. The average molecular weight is 573 g/mol. The van der Waals surface area contributed by atoms with Gasteiger partial charge in [0.2, 0.25) is 0 Å². The van der Waals surface area contributed by atoms with E-state index in [1.807, 2.05) is 44.2 Å². The van der Waals surface area contributed by atoms with Crippen LogP contribution in [0.25, 0.3) is 22.3 Å². The normalized spacial score (nSPS) is 10.3. The summed E-state index contributed by atoms with van der Waals surface area (Å²) >= 11 is 2.27. The lowest BCUT2D eigenvalue weighted by atomic mass is 10.0. The van der Waals surface area contributed by atoms with Crippen LogP contribution in [0.1, 0.15) is 11.1 Å². The molecule has 0 amide bonds. The second kappa shape index (κ2) is 11.3. The molecule has 4 aromatic rings. The molecule has 0 unspecified atom stereocenters. The highest BCUT2D eigenvalue weighted by atomic mass is 127. The van der Waals surface area contributed by atoms with Gasteiger partial charge in [-0.1, -0.05) is 18.2 Å². The highest BCUT2D eigenvalue weighted by Crippen LogP contribution is 2.29. The first kappa shape index (κ1) is 25.5. The summed E-state index contributed by atoms with van der Waals surface area (Å²) in [7, 11) is 3.05. The molecule has 0 bridgehead atoms.